The van der Waals surface area contributed by atoms with Crippen LogP contribution in [0.4, 0.5) is 0 Å². The predicted molar refractivity (Wildman–Crippen MR) is 141 cm³/mol. The van der Waals surface area contributed by atoms with E-state index in [1.165, 1.54) is 5.56 Å². The van der Waals surface area contributed by atoms with E-state index in [2.05, 4.69) is 19.9 Å². The summed E-state index contributed by atoms with van der Waals surface area (Å²) in [4.78, 5) is 17.3. The van der Waals surface area contributed by atoms with E-state index in [4.69, 9.17) is 18.9 Å². The van der Waals surface area contributed by atoms with E-state index in [9.17, 15) is 9.90 Å². The molecular formula is C30H35NO5. The van der Waals surface area contributed by atoms with Gasteiger partial charge in [-0.3, -0.25) is 0 Å². The van der Waals surface area contributed by atoms with Crippen LogP contribution in [0.1, 0.15) is 78.8 Å². The van der Waals surface area contributed by atoms with Crippen molar-refractivity contribution < 1.29 is 23.8 Å². The summed E-state index contributed by atoms with van der Waals surface area (Å²) in [6.45, 7) is 8.69. The Labute approximate surface area is 212 Å². The molecule has 6 nitrogen and oxygen atoms in total. The van der Waals surface area contributed by atoms with Crippen molar-refractivity contribution in [3.05, 3.63) is 52.3 Å². The zero-order valence-electron chi connectivity index (χ0n) is 21.6. The topological polar surface area (TPSA) is 81.8 Å². The summed E-state index contributed by atoms with van der Waals surface area (Å²) >= 11 is 0. The highest BCUT2D eigenvalue weighted by molar-refractivity contribution is 6.07. The molecule has 190 valence electrons. The van der Waals surface area contributed by atoms with Crippen LogP contribution in [0.15, 0.2) is 28.7 Å². The standard InChI is InChI=1S/C30H35NO5/c1-17(2)35-21-12-10-20(11-13-21)16-34-26-14-9-18(3)28-27(26)23(30(32)33)15-24(31-28)29-19(4)22-7-5-6-8-25(22)36-29/h6,8-9,14-15,17,20-21H,5,7,10-13,16H2,1-4H3,(H,32,33). The third kappa shape index (κ3) is 4.79. The number of aryl methyl sites for hydroxylation is 1. The maximum atomic E-state index is 12.4. The first-order chi connectivity index (χ1) is 17.3. The van der Waals surface area contributed by atoms with Crippen molar-refractivity contribution in [3.8, 4) is 17.2 Å². The molecule has 0 amide bonds. The number of hydrogen-bond acceptors (Lipinski definition) is 5. The van der Waals surface area contributed by atoms with Crippen LogP contribution in [0.2, 0.25) is 0 Å². The van der Waals surface area contributed by atoms with Gasteiger partial charge in [-0.25, -0.2) is 9.78 Å². The highest BCUT2D eigenvalue weighted by Gasteiger charge is 2.26. The number of nitrogens with zero attached hydrogens (tertiary/aromatic N) is 1. The number of pyridine rings is 1. The second kappa shape index (κ2) is 10.1. The Hall–Kier alpha value is -3.12. The fourth-order valence-electron chi connectivity index (χ4n) is 5.55. The van der Waals surface area contributed by atoms with E-state index in [0.717, 1.165) is 55.4 Å². The van der Waals surface area contributed by atoms with Gasteiger partial charge in [-0.2, -0.15) is 0 Å². The number of furan rings is 1. The van der Waals surface area contributed by atoms with E-state index in [1.54, 1.807) is 6.07 Å². The molecule has 36 heavy (non-hydrogen) atoms. The third-order valence-corrected chi connectivity index (χ3v) is 7.45. The number of rotatable bonds is 7. The molecule has 2 heterocycles. The molecule has 3 aromatic rings. The number of hydrogen-bond donors (Lipinski definition) is 1. The Balaban J connectivity index is 1.46. The first kappa shape index (κ1) is 24.6. The summed E-state index contributed by atoms with van der Waals surface area (Å²) in [6.07, 6.45) is 10.7. The minimum Gasteiger partial charge on any atom is -0.493 e. The van der Waals surface area contributed by atoms with Crippen molar-refractivity contribution in [1.82, 2.24) is 4.98 Å². The van der Waals surface area contributed by atoms with Gasteiger partial charge in [-0.05, 0) is 95.9 Å². The van der Waals surface area contributed by atoms with Crippen LogP contribution in [0.3, 0.4) is 0 Å². The van der Waals surface area contributed by atoms with Crippen LogP contribution in [0.5, 0.6) is 5.75 Å². The zero-order chi connectivity index (χ0) is 25.4. The summed E-state index contributed by atoms with van der Waals surface area (Å²) in [5.41, 5.74) is 4.48. The van der Waals surface area contributed by atoms with Gasteiger partial charge in [0.05, 0.1) is 35.3 Å². The normalized spacial score (nSPS) is 19.6. The molecule has 1 fully saturated rings. The molecule has 0 unspecified atom stereocenters. The lowest BCUT2D eigenvalue weighted by Crippen LogP contribution is -2.27. The number of benzene rings is 1. The number of carboxylic acids is 1. The molecule has 2 aliphatic rings. The number of carbonyl (C=O) groups is 1. The van der Waals surface area contributed by atoms with Gasteiger partial charge in [-0.15, -0.1) is 0 Å². The van der Waals surface area contributed by atoms with Crippen LogP contribution in [-0.4, -0.2) is 34.9 Å². The van der Waals surface area contributed by atoms with Crippen molar-refractivity contribution in [1.29, 1.82) is 0 Å². The van der Waals surface area contributed by atoms with Gasteiger partial charge in [-0.1, -0.05) is 12.1 Å². The molecule has 0 bridgehead atoms. The first-order valence-electron chi connectivity index (χ1n) is 13.1. The summed E-state index contributed by atoms with van der Waals surface area (Å²) < 4.78 is 18.4. The molecule has 1 aromatic carbocycles. The van der Waals surface area contributed by atoms with Gasteiger partial charge < -0.3 is 19.0 Å². The van der Waals surface area contributed by atoms with Crippen molar-refractivity contribution in [2.75, 3.05) is 6.61 Å². The van der Waals surface area contributed by atoms with Crippen molar-refractivity contribution >= 4 is 22.9 Å². The average molecular weight is 490 g/mol. The van der Waals surface area contributed by atoms with Gasteiger partial charge >= 0.3 is 5.97 Å². The molecule has 0 radical (unpaired) electrons. The molecule has 0 spiro atoms. The minimum atomic E-state index is -1.00. The lowest BCUT2D eigenvalue weighted by Gasteiger charge is -2.29. The fourth-order valence-corrected chi connectivity index (χ4v) is 5.55. The molecule has 0 saturated heterocycles. The predicted octanol–water partition coefficient (Wildman–Crippen LogP) is 7.13. The Morgan fingerprint density at radius 2 is 1.97 bits per heavy atom. The second-order valence-corrected chi connectivity index (χ2v) is 10.4. The Kier molecular flexibility index (Phi) is 6.89. The van der Waals surface area contributed by atoms with Crippen molar-refractivity contribution in [2.45, 2.75) is 78.4 Å². The van der Waals surface area contributed by atoms with Gasteiger partial charge in [0, 0.05) is 11.1 Å². The largest absolute Gasteiger partial charge is 0.493 e. The highest BCUT2D eigenvalue weighted by Crippen LogP contribution is 2.38. The summed E-state index contributed by atoms with van der Waals surface area (Å²) in [6, 6.07) is 5.46. The Morgan fingerprint density at radius 1 is 1.19 bits per heavy atom. The number of carboxylic acid groups (broad SMARTS) is 1. The van der Waals surface area contributed by atoms with Crippen LogP contribution in [0.25, 0.3) is 28.4 Å². The molecule has 1 N–H and O–H groups in total. The van der Waals surface area contributed by atoms with Gasteiger partial charge in [0.25, 0.3) is 0 Å². The molecule has 2 aliphatic carbocycles. The van der Waals surface area contributed by atoms with Crippen LogP contribution < -0.4 is 4.74 Å². The maximum Gasteiger partial charge on any atom is 0.336 e. The molecule has 5 rings (SSSR count). The maximum absolute atomic E-state index is 12.4. The van der Waals surface area contributed by atoms with Crippen LogP contribution in [-0.2, 0) is 11.2 Å². The Bertz CT molecular complexity index is 1310. The van der Waals surface area contributed by atoms with Crippen molar-refractivity contribution in [2.24, 2.45) is 5.92 Å². The number of fused-ring (bicyclic) bond motifs is 2. The van der Waals surface area contributed by atoms with E-state index in [1.807, 2.05) is 32.1 Å². The molecule has 2 aromatic heterocycles. The van der Waals surface area contributed by atoms with Crippen LogP contribution >= 0.6 is 0 Å². The summed E-state index contributed by atoms with van der Waals surface area (Å²) in [5.74, 6) is 1.49. The number of allylic oxidation sites excluding steroid dienone is 1. The molecule has 0 atom stereocenters. The van der Waals surface area contributed by atoms with E-state index in [0.29, 0.717) is 46.7 Å². The summed E-state index contributed by atoms with van der Waals surface area (Å²) in [7, 11) is 0. The monoisotopic (exact) mass is 489 g/mol. The van der Waals surface area contributed by atoms with E-state index >= 15 is 0 Å². The van der Waals surface area contributed by atoms with E-state index in [-0.39, 0.29) is 11.7 Å². The van der Waals surface area contributed by atoms with Gasteiger partial charge in [0.15, 0.2) is 5.76 Å². The van der Waals surface area contributed by atoms with Gasteiger partial charge in [0.2, 0.25) is 0 Å². The molecule has 6 heteroatoms. The zero-order valence-corrected chi connectivity index (χ0v) is 21.6. The number of ether oxygens (including phenoxy) is 2. The second-order valence-electron chi connectivity index (χ2n) is 10.4. The number of aromatic carboxylic acids is 1. The molecular weight excluding hydrogens is 454 g/mol. The average Bonchev–Trinajstić information content (AvgIpc) is 3.20. The third-order valence-electron chi connectivity index (χ3n) is 7.45. The van der Waals surface area contributed by atoms with E-state index < -0.39 is 5.97 Å². The molecule has 0 aliphatic heterocycles. The summed E-state index contributed by atoms with van der Waals surface area (Å²) in [5, 5.41) is 10.7. The van der Waals surface area contributed by atoms with Crippen LogP contribution in [0, 0.1) is 19.8 Å². The minimum absolute atomic E-state index is 0.187. The van der Waals surface area contributed by atoms with Gasteiger partial charge in [0.1, 0.15) is 17.2 Å². The SMILES string of the molecule is Cc1c(-c2cc(C(=O)O)c3c(OCC4CCC(OC(C)C)CC4)ccc(C)c3n2)oc2c1CCC=C2. The smallest absolute Gasteiger partial charge is 0.336 e. The lowest BCUT2D eigenvalue weighted by molar-refractivity contribution is -0.0228. The fraction of sp³-hybridized carbons (Fsp3) is 0.467. The highest BCUT2D eigenvalue weighted by atomic mass is 16.5. The Morgan fingerprint density at radius 3 is 2.67 bits per heavy atom. The lowest BCUT2D eigenvalue weighted by atomic mass is 9.88. The first-order valence-corrected chi connectivity index (χ1v) is 13.1. The number of aromatic nitrogens is 1. The molecule has 1 saturated carbocycles. The quantitative estimate of drug-likeness (QED) is 0.380. The van der Waals surface area contributed by atoms with Crippen molar-refractivity contribution in [3.63, 3.8) is 0 Å².